The van der Waals surface area contributed by atoms with Crippen LogP contribution in [0.15, 0.2) is 4.99 Å². The lowest BCUT2D eigenvalue weighted by molar-refractivity contribution is -0.0737. The van der Waals surface area contributed by atoms with Crippen LogP contribution in [0.3, 0.4) is 0 Å². The Morgan fingerprint density at radius 3 is 2.67 bits per heavy atom. The minimum atomic E-state index is -0.144. The molecule has 86 valence electrons. The molecule has 1 saturated heterocycles. The zero-order chi connectivity index (χ0) is 10.8. The van der Waals surface area contributed by atoms with Crippen LogP contribution in [0.1, 0.15) is 26.7 Å². The van der Waals surface area contributed by atoms with Crippen LogP contribution in [-0.2, 0) is 4.84 Å². The fourth-order valence-corrected chi connectivity index (χ4v) is 1.85. The molecule has 0 bridgehead atoms. The molecule has 0 spiro atoms. The van der Waals surface area contributed by atoms with Crippen molar-refractivity contribution in [3.63, 3.8) is 0 Å². The minimum absolute atomic E-state index is 0.144. The number of hydroxylamine groups is 1. The van der Waals surface area contributed by atoms with E-state index in [1.807, 2.05) is 0 Å². The van der Waals surface area contributed by atoms with Gasteiger partial charge in [-0.3, -0.25) is 4.90 Å². The van der Waals surface area contributed by atoms with Gasteiger partial charge in [0, 0.05) is 25.0 Å². The minimum Gasteiger partial charge on any atom is -0.328 e. The molecule has 0 aromatic heterocycles. The third kappa shape index (κ3) is 2.48. The van der Waals surface area contributed by atoms with Gasteiger partial charge in [0.1, 0.15) is 5.84 Å². The maximum absolute atomic E-state index is 5.85. The number of nitrogens with two attached hydrogens (primary N) is 1. The van der Waals surface area contributed by atoms with Crippen LogP contribution in [0.25, 0.3) is 0 Å². The van der Waals surface area contributed by atoms with E-state index in [-0.39, 0.29) is 6.35 Å². The number of hydrogen-bond acceptors (Lipinski definition) is 5. The second-order valence-corrected chi connectivity index (χ2v) is 4.59. The van der Waals surface area contributed by atoms with Crippen LogP contribution >= 0.6 is 0 Å². The van der Waals surface area contributed by atoms with Crippen molar-refractivity contribution in [3.8, 4) is 0 Å². The van der Waals surface area contributed by atoms with Crippen LogP contribution in [0, 0.1) is 5.92 Å². The topological polar surface area (TPSA) is 62.9 Å². The Morgan fingerprint density at radius 1 is 1.47 bits per heavy atom. The van der Waals surface area contributed by atoms with Gasteiger partial charge in [0.15, 0.2) is 0 Å². The highest BCUT2D eigenvalue weighted by Gasteiger charge is 2.28. The maximum Gasteiger partial charge on any atom is 0.233 e. The molecule has 2 heterocycles. The van der Waals surface area contributed by atoms with Gasteiger partial charge in [-0.2, -0.15) is 0 Å². The van der Waals surface area contributed by atoms with Gasteiger partial charge in [-0.15, -0.1) is 0 Å². The molecule has 0 amide bonds. The molecule has 0 aliphatic carbocycles. The van der Waals surface area contributed by atoms with Gasteiger partial charge in [0.25, 0.3) is 0 Å². The molecule has 2 aliphatic rings. The highest BCUT2D eigenvalue weighted by atomic mass is 16.7. The molecule has 5 nitrogen and oxygen atoms in total. The van der Waals surface area contributed by atoms with E-state index in [2.05, 4.69) is 29.2 Å². The van der Waals surface area contributed by atoms with Crippen molar-refractivity contribution in [3.05, 3.63) is 0 Å². The lowest BCUT2D eigenvalue weighted by atomic mass is 10.1. The lowest BCUT2D eigenvalue weighted by Crippen LogP contribution is -2.45. The average molecular weight is 212 g/mol. The fraction of sp³-hybridized carbons (Fsp3) is 0.900. The van der Waals surface area contributed by atoms with Crippen molar-refractivity contribution in [1.29, 1.82) is 0 Å². The summed E-state index contributed by atoms with van der Waals surface area (Å²) in [5.41, 5.74) is 8.74. The summed E-state index contributed by atoms with van der Waals surface area (Å²) in [6.07, 6.45) is 1.92. The molecule has 1 fully saturated rings. The maximum atomic E-state index is 5.85. The van der Waals surface area contributed by atoms with Gasteiger partial charge < -0.3 is 5.73 Å². The summed E-state index contributed by atoms with van der Waals surface area (Å²) in [5, 5.41) is 0. The Bertz CT molecular complexity index is 246. The molecule has 2 aliphatic heterocycles. The zero-order valence-corrected chi connectivity index (χ0v) is 9.44. The van der Waals surface area contributed by atoms with E-state index >= 15 is 0 Å². The Hall–Kier alpha value is -0.650. The largest absolute Gasteiger partial charge is 0.328 e. The Morgan fingerprint density at radius 2 is 2.13 bits per heavy atom. The van der Waals surface area contributed by atoms with E-state index in [0.29, 0.717) is 12.0 Å². The number of likely N-dealkylation sites (tertiary alicyclic amines) is 1. The van der Waals surface area contributed by atoms with Gasteiger partial charge >= 0.3 is 0 Å². The number of nitrogens with zero attached hydrogens (tertiary/aromatic N) is 2. The zero-order valence-electron chi connectivity index (χ0n) is 9.44. The molecule has 15 heavy (non-hydrogen) atoms. The number of nitrogens with one attached hydrogen (secondary N) is 1. The predicted molar refractivity (Wildman–Crippen MR) is 59.1 cm³/mol. The van der Waals surface area contributed by atoms with E-state index in [4.69, 9.17) is 10.6 Å². The summed E-state index contributed by atoms with van der Waals surface area (Å²) in [5.74, 6) is 1.33. The molecule has 0 saturated carbocycles. The van der Waals surface area contributed by atoms with Gasteiger partial charge in [-0.25, -0.2) is 15.3 Å². The second kappa shape index (κ2) is 4.47. The summed E-state index contributed by atoms with van der Waals surface area (Å²) < 4.78 is 0. The Labute approximate surface area is 90.6 Å². The van der Waals surface area contributed by atoms with E-state index in [0.717, 1.165) is 31.8 Å². The van der Waals surface area contributed by atoms with E-state index < -0.39 is 0 Å². The number of rotatable bonds is 2. The van der Waals surface area contributed by atoms with E-state index in [9.17, 15) is 0 Å². The van der Waals surface area contributed by atoms with Gasteiger partial charge in [-0.1, -0.05) is 13.8 Å². The molecule has 3 N–H and O–H groups in total. The van der Waals surface area contributed by atoms with Crippen molar-refractivity contribution in [2.24, 2.45) is 16.6 Å². The van der Waals surface area contributed by atoms with Crippen LogP contribution in [0.5, 0.6) is 0 Å². The van der Waals surface area contributed by atoms with Crippen molar-refractivity contribution in [1.82, 2.24) is 10.4 Å². The molecule has 1 unspecified atom stereocenters. The fourth-order valence-electron chi connectivity index (χ4n) is 1.85. The smallest absolute Gasteiger partial charge is 0.233 e. The quantitative estimate of drug-likeness (QED) is 0.690. The van der Waals surface area contributed by atoms with Crippen LogP contribution in [0.4, 0.5) is 0 Å². The van der Waals surface area contributed by atoms with Crippen molar-refractivity contribution in [2.45, 2.75) is 39.1 Å². The van der Waals surface area contributed by atoms with Crippen molar-refractivity contribution < 1.29 is 4.84 Å². The van der Waals surface area contributed by atoms with Gasteiger partial charge in [0.2, 0.25) is 6.35 Å². The molecule has 2 rings (SSSR count). The third-order valence-corrected chi connectivity index (χ3v) is 2.95. The van der Waals surface area contributed by atoms with Crippen LogP contribution in [0.2, 0.25) is 0 Å². The second-order valence-electron chi connectivity index (χ2n) is 4.59. The summed E-state index contributed by atoms with van der Waals surface area (Å²) in [6.45, 7) is 6.15. The summed E-state index contributed by atoms with van der Waals surface area (Å²) in [4.78, 5) is 12.2. The first-order chi connectivity index (χ1) is 7.16. The number of piperidine rings is 1. The third-order valence-electron chi connectivity index (χ3n) is 2.95. The lowest BCUT2D eigenvalue weighted by Gasteiger charge is -2.31. The van der Waals surface area contributed by atoms with Gasteiger partial charge in [0.05, 0.1) is 0 Å². The summed E-state index contributed by atoms with van der Waals surface area (Å²) in [7, 11) is 0. The normalized spacial score (nSPS) is 29.3. The highest BCUT2D eigenvalue weighted by molar-refractivity contribution is 5.83. The SMILES string of the molecule is CC(C)C1=NC(N2CCC(N)CC2)ON1. The first-order valence-corrected chi connectivity index (χ1v) is 5.66. The monoisotopic (exact) mass is 212 g/mol. The van der Waals surface area contributed by atoms with Crippen LogP contribution < -0.4 is 11.2 Å². The van der Waals surface area contributed by atoms with Crippen molar-refractivity contribution >= 4 is 5.84 Å². The molecular weight excluding hydrogens is 192 g/mol. The number of hydrogen-bond donors (Lipinski definition) is 2. The molecule has 5 heteroatoms. The molecule has 0 aromatic rings. The molecule has 1 atom stereocenters. The first kappa shape index (κ1) is 10.9. The van der Waals surface area contributed by atoms with E-state index in [1.54, 1.807) is 0 Å². The Balaban J connectivity index is 1.90. The van der Waals surface area contributed by atoms with Crippen molar-refractivity contribution in [2.75, 3.05) is 13.1 Å². The predicted octanol–water partition coefficient (Wildman–Crippen LogP) is 0.282. The van der Waals surface area contributed by atoms with E-state index in [1.165, 1.54) is 0 Å². The standard InChI is InChI=1S/C10H20N4O/c1-7(2)9-12-10(15-13-9)14-5-3-8(11)4-6-14/h7-8,10H,3-6,11H2,1-2H3,(H,12,13). The average Bonchev–Trinajstić information content (AvgIpc) is 2.68. The molecular formula is C10H20N4O. The first-order valence-electron chi connectivity index (χ1n) is 5.66. The van der Waals surface area contributed by atoms with Gasteiger partial charge in [-0.05, 0) is 12.8 Å². The summed E-state index contributed by atoms with van der Waals surface area (Å²) in [6, 6.07) is 0.351. The Kier molecular flexibility index (Phi) is 3.23. The number of aliphatic imine (C=N–C) groups is 1. The van der Waals surface area contributed by atoms with Crippen LogP contribution in [-0.4, -0.2) is 36.2 Å². The summed E-state index contributed by atoms with van der Waals surface area (Å²) >= 11 is 0. The molecule has 0 radical (unpaired) electrons. The highest BCUT2D eigenvalue weighted by Crippen LogP contribution is 2.16. The number of amidine groups is 1. The molecule has 0 aromatic carbocycles.